The molecule has 1 aromatic rings. The summed E-state index contributed by atoms with van der Waals surface area (Å²) in [6.07, 6.45) is 15.8. The lowest BCUT2D eigenvalue weighted by molar-refractivity contribution is -0.124. The number of benzene rings is 1. The predicted octanol–water partition coefficient (Wildman–Crippen LogP) is 5.85. The van der Waals surface area contributed by atoms with Crippen molar-refractivity contribution in [3.8, 4) is 0 Å². The summed E-state index contributed by atoms with van der Waals surface area (Å²) >= 11 is 0. The maximum atomic E-state index is 13.5. The van der Waals surface area contributed by atoms with Crippen molar-refractivity contribution in [1.82, 2.24) is 4.90 Å². The summed E-state index contributed by atoms with van der Waals surface area (Å²) in [4.78, 5) is 22.8. The van der Waals surface area contributed by atoms with Crippen molar-refractivity contribution in [2.24, 2.45) is 4.99 Å². The number of unbranched alkanes of at least 4 members (excludes halogenated alkanes) is 2. The van der Waals surface area contributed by atoms with E-state index in [4.69, 9.17) is 9.73 Å². The number of carbonyl (C=O) groups excluding carboxylic acids is 1. The highest BCUT2D eigenvalue weighted by molar-refractivity contribution is 6.11. The van der Waals surface area contributed by atoms with Gasteiger partial charge in [0.05, 0.1) is 6.04 Å². The van der Waals surface area contributed by atoms with E-state index in [0.29, 0.717) is 11.8 Å². The standard InChI is InChI=1S/C28H39N3O2/c1-3-4-5-10-20(2)31-27(32)25(33-28(31)29-24-13-6-7-14-24)19-21-17-22-11-8-15-30-16-9-12-23(18-21)26(22)30/h17-20,24H,3-16H2,1-2H3/b25-19+,29-28+. The smallest absolute Gasteiger partial charge is 0.300 e. The fourth-order valence-electron chi connectivity index (χ4n) is 6.04. The first kappa shape index (κ1) is 22.5. The zero-order chi connectivity index (χ0) is 22.8. The molecule has 0 bridgehead atoms. The fourth-order valence-corrected chi connectivity index (χ4v) is 6.04. The predicted molar refractivity (Wildman–Crippen MR) is 134 cm³/mol. The average molecular weight is 450 g/mol. The topological polar surface area (TPSA) is 45.1 Å². The van der Waals surface area contributed by atoms with Gasteiger partial charge in [-0.3, -0.25) is 9.69 Å². The lowest BCUT2D eigenvalue weighted by Crippen LogP contribution is -2.38. The SMILES string of the molecule is CCCCCC(C)N1C(=O)/C(=C\c2cc3c4c(c2)CCCN4CCC3)O/C1=N/C1CCCC1. The molecule has 3 heterocycles. The monoisotopic (exact) mass is 449 g/mol. The van der Waals surface area contributed by atoms with Gasteiger partial charge in [-0.15, -0.1) is 0 Å². The van der Waals surface area contributed by atoms with E-state index in [9.17, 15) is 4.79 Å². The number of anilines is 1. The Hall–Kier alpha value is -2.30. The van der Waals surface area contributed by atoms with E-state index in [2.05, 4.69) is 30.9 Å². The highest BCUT2D eigenvalue weighted by Gasteiger charge is 2.38. The highest BCUT2D eigenvalue weighted by Crippen LogP contribution is 2.37. The first-order valence-electron chi connectivity index (χ1n) is 13.4. The third kappa shape index (κ3) is 4.69. The molecule has 1 unspecified atom stereocenters. The van der Waals surface area contributed by atoms with Crippen LogP contribution in [0.2, 0.25) is 0 Å². The fraction of sp³-hybridized carbons (Fsp3) is 0.643. The van der Waals surface area contributed by atoms with Crippen LogP contribution in [0.4, 0.5) is 5.69 Å². The first-order valence-corrected chi connectivity index (χ1v) is 13.4. The van der Waals surface area contributed by atoms with E-state index in [1.54, 1.807) is 0 Å². The van der Waals surface area contributed by atoms with E-state index in [1.807, 2.05) is 11.0 Å². The van der Waals surface area contributed by atoms with Gasteiger partial charge in [-0.2, -0.15) is 0 Å². The van der Waals surface area contributed by atoms with Gasteiger partial charge in [-0.05, 0) is 86.8 Å². The van der Waals surface area contributed by atoms with Crippen LogP contribution >= 0.6 is 0 Å². The minimum Gasteiger partial charge on any atom is -0.420 e. The third-order valence-electron chi connectivity index (χ3n) is 7.77. The van der Waals surface area contributed by atoms with Crippen molar-refractivity contribution in [2.45, 2.75) is 103 Å². The van der Waals surface area contributed by atoms with Crippen molar-refractivity contribution in [3.05, 3.63) is 34.6 Å². The summed E-state index contributed by atoms with van der Waals surface area (Å²) in [6, 6.07) is 5.49. The Kier molecular flexibility index (Phi) is 6.75. The molecule has 1 atom stereocenters. The van der Waals surface area contributed by atoms with Gasteiger partial charge in [-0.25, -0.2) is 4.99 Å². The Morgan fingerprint density at radius 1 is 1.09 bits per heavy atom. The van der Waals surface area contributed by atoms with Gasteiger partial charge in [0.25, 0.3) is 5.91 Å². The number of amides is 1. The molecule has 1 aliphatic carbocycles. The highest BCUT2D eigenvalue weighted by atomic mass is 16.5. The molecule has 1 aromatic carbocycles. The van der Waals surface area contributed by atoms with Crippen molar-refractivity contribution in [1.29, 1.82) is 0 Å². The molecule has 1 saturated carbocycles. The zero-order valence-electron chi connectivity index (χ0n) is 20.4. The number of hydrogen-bond acceptors (Lipinski definition) is 4. The number of aliphatic imine (C=N–C) groups is 1. The number of aryl methyl sites for hydroxylation is 2. The number of hydrogen-bond donors (Lipinski definition) is 0. The summed E-state index contributed by atoms with van der Waals surface area (Å²) in [5, 5.41) is 0. The molecule has 1 amide bonds. The van der Waals surface area contributed by atoms with Crippen LogP contribution in [-0.4, -0.2) is 42.0 Å². The van der Waals surface area contributed by atoms with Crippen molar-refractivity contribution < 1.29 is 9.53 Å². The molecule has 1 saturated heterocycles. The normalized spacial score (nSPS) is 24.0. The second-order valence-electron chi connectivity index (χ2n) is 10.4. The molecule has 33 heavy (non-hydrogen) atoms. The molecule has 5 rings (SSSR count). The Balaban J connectivity index is 1.43. The van der Waals surface area contributed by atoms with Crippen LogP contribution in [0.15, 0.2) is 22.9 Å². The Bertz CT molecular complexity index is 913. The quantitative estimate of drug-likeness (QED) is 0.387. The van der Waals surface area contributed by atoms with Gasteiger partial charge in [0, 0.05) is 24.8 Å². The van der Waals surface area contributed by atoms with Crippen molar-refractivity contribution in [3.63, 3.8) is 0 Å². The minimum atomic E-state index is -0.0243. The van der Waals surface area contributed by atoms with Crippen LogP contribution < -0.4 is 4.90 Å². The molecule has 5 heteroatoms. The molecule has 2 fully saturated rings. The molecule has 5 nitrogen and oxygen atoms in total. The Morgan fingerprint density at radius 2 is 1.79 bits per heavy atom. The first-order chi connectivity index (χ1) is 16.1. The molecule has 0 spiro atoms. The maximum Gasteiger partial charge on any atom is 0.300 e. The van der Waals surface area contributed by atoms with Crippen LogP contribution in [0, 0.1) is 0 Å². The molecule has 0 aromatic heterocycles. The summed E-state index contributed by atoms with van der Waals surface area (Å²) in [7, 11) is 0. The van der Waals surface area contributed by atoms with E-state index < -0.39 is 0 Å². The summed E-state index contributed by atoms with van der Waals surface area (Å²) < 4.78 is 6.21. The lowest BCUT2D eigenvalue weighted by atomic mass is 9.90. The van der Waals surface area contributed by atoms with Gasteiger partial charge in [0.2, 0.25) is 0 Å². The van der Waals surface area contributed by atoms with Crippen LogP contribution in [0.1, 0.15) is 94.7 Å². The van der Waals surface area contributed by atoms with Crippen LogP contribution in [0.5, 0.6) is 0 Å². The van der Waals surface area contributed by atoms with Crippen molar-refractivity contribution in [2.75, 3.05) is 18.0 Å². The average Bonchev–Trinajstić information content (AvgIpc) is 3.42. The number of ether oxygens (including phenoxy) is 1. The lowest BCUT2D eigenvalue weighted by Gasteiger charge is -2.37. The van der Waals surface area contributed by atoms with E-state index in [-0.39, 0.29) is 18.0 Å². The second kappa shape index (κ2) is 9.90. The largest absolute Gasteiger partial charge is 0.420 e. The Labute approximate surface area is 198 Å². The van der Waals surface area contributed by atoms with E-state index in [0.717, 1.165) is 44.1 Å². The van der Waals surface area contributed by atoms with Crippen molar-refractivity contribution >= 4 is 23.7 Å². The van der Waals surface area contributed by atoms with Gasteiger partial charge in [-0.1, -0.05) is 39.0 Å². The number of carbonyl (C=O) groups is 1. The molecule has 178 valence electrons. The second-order valence-corrected chi connectivity index (χ2v) is 10.4. The number of nitrogens with zero attached hydrogens (tertiary/aromatic N) is 3. The number of rotatable bonds is 7. The molecule has 4 aliphatic rings. The number of amidine groups is 1. The minimum absolute atomic E-state index is 0.0243. The zero-order valence-corrected chi connectivity index (χ0v) is 20.4. The molecule has 0 radical (unpaired) electrons. The summed E-state index contributed by atoms with van der Waals surface area (Å²) in [5.41, 5.74) is 5.42. The van der Waals surface area contributed by atoms with Gasteiger partial charge in [0.15, 0.2) is 5.76 Å². The van der Waals surface area contributed by atoms with Gasteiger partial charge in [0.1, 0.15) is 0 Å². The third-order valence-corrected chi connectivity index (χ3v) is 7.77. The van der Waals surface area contributed by atoms with Crippen LogP contribution in [-0.2, 0) is 22.4 Å². The Morgan fingerprint density at radius 3 is 2.45 bits per heavy atom. The van der Waals surface area contributed by atoms with Crippen LogP contribution in [0.3, 0.4) is 0 Å². The molecule has 0 N–H and O–H groups in total. The molecule has 3 aliphatic heterocycles. The summed E-state index contributed by atoms with van der Waals surface area (Å²) in [5.74, 6) is 0.411. The summed E-state index contributed by atoms with van der Waals surface area (Å²) in [6.45, 7) is 6.71. The maximum absolute atomic E-state index is 13.5. The van der Waals surface area contributed by atoms with Gasteiger partial charge < -0.3 is 9.64 Å². The molecular formula is C28H39N3O2. The van der Waals surface area contributed by atoms with Gasteiger partial charge >= 0.3 is 6.02 Å². The molecular weight excluding hydrogens is 410 g/mol. The van der Waals surface area contributed by atoms with E-state index in [1.165, 1.54) is 68.4 Å². The van der Waals surface area contributed by atoms with Crippen LogP contribution in [0.25, 0.3) is 6.08 Å². The van der Waals surface area contributed by atoms with E-state index >= 15 is 0 Å².